The zero-order valence-corrected chi connectivity index (χ0v) is 11.1. The third-order valence-corrected chi connectivity index (χ3v) is 3.13. The Hall–Kier alpha value is -0.220. The van der Waals surface area contributed by atoms with E-state index >= 15 is 0 Å². The summed E-state index contributed by atoms with van der Waals surface area (Å²) in [5, 5.41) is 6.60. The van der Waals surface area contributed by atoms with Gasteiger partial charge in [-0.2, -0.15) is 11.8 Å². The first-order chi connectivity index (χ1) is 7.06. The molecule has 0 aromatic rings. The molecule has 0 heterocycles. The zero-order chi connectivity index (χ0) is 11.7. The van der Waals surface area contributed by atoms with Crippen molar-refractivity contribution in [2.45, 2.75) is 32.4 Å². The van der Waals surface area contributed by atoms with Gasteiger partial charge in [-0.25, -0.2) is 0 Å². The Bertz CT molecular complexity index is 174. The van der Waals surface area contributed by atoms with Gasteiger partial charge < -0.3 is 10.6 Å². The minimum atomic E-state index is 0.101. The molecule has 90 valence electrons. The second-order valence-electron chi connectivity index (χ2n) is 4.21. The van der Waals surface area contributed by atoms with Gasteiger partial charge in [0.2, 0.25) is 5.91 Å². The van der Waals surface area contributed by atoms with Crippen LogP contribution in [0.3, 0.4) is 0 Å². The van der Waals surface area contributed by atoms with Crippen molar-refractivity contribution in [3.8, 4) is 0 Å². The fourth-order valence-electron chi connectivity index (χ4n) is 1.04. The minimum absolute atomic E-state index is 0.101. The van der Waals surface area contributed by atoms with Gasteiger partial charge in [-0.1, -0.05) is 20.8 Å². The van der Waals surface area contributed by atoms with Crippen LogP contribution < -0.4 is 10.6 Å². The first-order valence-electron chi connectivity index (χ1n) is 5.56. The average Bonchev–Trinajstić information content (AvgIpc) is 2.17. The Balaban J connectivity index is 3.33. The lowest BCUT2D eigenvalue weighted by Gasteiger charge is -2.10. The number of hydrogen-bond donors (Lipinski definition) is 2. The van der Waals surface area contributed by atoms with Gasteiger partial charge in [0.15, 0.2) is 0 Å². The quantitative estimate of drug-likeness (QED) is 0.666. The number of hydrogen-bond acceptors (Lipinski definition) is 3. The topological polar surface area (TPSA) is 41.1 Å². The van der Waals surface area contributed by atoms with Crippen LogP contribution in [0.5, 0.6) is 0 Å². The van der Waals surface area contributed by atoms with Gasteiger partial charge in [-0.05, 0) is 18.6 Å². The van der Waals surface area contributed by atoms with E-state index in [1.165, 1.54) is 0 Å². The lowest BCUT2D eigenvalue weighted by atomic mass is 10.1. The van der Waals surface area contributed by atoms with Crippen LogP contribution >= 0.6 is 11.8 Å². The van der Waals surface area contributed by atoms with Crippen molar-refractivity contribution >= 4 is 17.7 Å². The van der Waals surface area contributed by atoms with Gasteiger partial charge in [0.25, 0.3) is 0 Å². The highest BCUT2D eigenvalue weighted by molar-refractivity contribution is 7.99. The summed E-state index contributed by atoms with van der Waals surface area (Å²) in [4.78, 5) is 11.3. The smallest absolute Gasteiger partial charge is 0.233 e. The van der Waals surface area contributed by atoms with Gasteiger partial charge in [-0.3, -0.25) is 4.79 Å². The fraction of sp³-hybridized carbons (Fsp3) is 0.909. The molecule has 1 unspecified atom stereocenters. The van der Waals surface area contributed by atoms with Crippen LogP contribution in [0.1, 0.15) is 27.2 Å². The van der Waals surface area contributed by atoms with E-state index in [4.69, 9.17) is 0 Å². The van der Waals surface area contributed by atoms with E-state index in [1.54, 1.807) is 11.8 Å². The summed E-state index contributed by atoms with van der Waals surface area (Å²) >= 11 is 1.80. The van der Waals surface area contributed by atoms with E-state index in [1.807, 2.05) is 0 Å². The molecule has 15 heavy (non-hydrogen) atoms. The molecule has 0 aliphatic carbocycles. The predicted octanol–water partition coefficient (Wildman–Crippen LogP) is 1.49. The second-order valence-corrected chi connectivity index (χ2v) is 5.49. The number of thioether (sulfide) groups is 1. The number of rotatable bonds is 8. The highest BCUT2D eigenvalue weighted by Crippen LogP contribution is 2.01. The third-order valence-electron chi connectivity index (χ3n) is 2.16. The van der Waals surface area contributed by atoms with Crippen LogP contribution in [0, 0.1) is 5.92 Å². The van der Waals surface area contributed by atoms with E-state index < -0.39 is 0 Å². The minimum Gasteiger partial charge on any atom is -0.355 e. The molecule has 0 radical (unpaired) electrons. The molecule has 0 aromatic carbocycles. The molecule has 4 heteroatoms. The summed E-state index contributed by atoms with van der Waals surface area (Å²) in [5.74, 6) is 0.749. The van der Waals surface area contributed by atoms with Crippen molar-refractivity contribution in [1.29, 1.82) is 0 Å². The highest BCUT2D eigenvalue weighted by atomic mass is 32.2. The summed E-state index contributed by atoms with van der Waals surface area (Å²) < 4.78 is 0. The number of nitrogens with one attached hydrogen (secondary N) is 2. The van der Waals surface area contributed by atoms with Crippen LogP contribution in [-0.4, -0.2) is 37.0 Å². The van der Waals surface area contributed by atoms with Gasteiger partial charge >= 0.3 is 0 Å². The molecule has 0 bridgehead atoms. The van der Waals surface area contributed by atoms with Crippen molar-refractivity contribution in [2.75, 3.05) is 25.9 Å². The van der Waals surface area contributed by atoms with E-state index in [9.17, 15) is 4.79 Å². The lowest BCUT2D eigenvalue weighted by molar-refractivity contribution is -0.120. The SMILES string of the molecule is CSC(C)CNCC(=O)NCCC(C)C. The van der Waals surface area contributed by atoms with E-state index in [0.717, 1.165) is 19.5 Å². The first kappa shape index (κ1) is 14.8. The summed E-state index contributed by atoms with van der Waals surface area (Å²) in [6, 6.07) is 0. The van der Waals surface area contributed by atoms with Gasteiger partial charge in [-0.15, -0.1) is 0 Å². The molecule has 3 nitrogen and oxygen atoms in total. The lowest BCUT2D eigenvalue weighted by Crippen LogP contribution is -2.36. The van der Waals surface area contributed by atoms with E-state index in [0.29, 0.717) is 17.7 Å². The molecule has 1 amide bonds. The van der Waals surface area contributed by atoms with Gasteiger partial charge in [0.1, 0.15) is 0 Å². The fourth-order valence-corrected chi connectivity index (χ4v) is 1.32. The number of carbonyl (C=O) groups excluding carboxylic acids is 1. The van der Waals surface area contributed by atoms with Crippen LogP contribution in [0.2, 0.25) is 0 Å². The molecule has 0 saturated carbocycles. The Morgan fingerprint density at radius 3 is 2.53 bits per heavy atom. The van der Waals surface area contributed by atoms with Crippen molar-refractivity contribution in [3.05, 3.63) is 0 Å². The molecular formula is C11H24N2OS. The molecular weight excluding hydrogens is 208 g/mol. The molecule has 0 spiro atoms. The van der Waals surface area contributed by atoms with Crippen molar-refractivity contribution in [2.24, 2.45) is 5.92 Å². The summed E-state index contributed by atoms with van der Waals surface area (Å²) in [6.45, 7) is 8.57. The van der Waals surface area contributed by atoms with Gasteiger partial charge in [0.05, 0.1) is 6.54 Å². The highest BCUT2D eigenvalue weighted by Gasteiger charge is 2.02. The molecule has 0 aliphatic rings. The van der Waals surface area contributed by atoms with E-state index in [-0.39, 0.29) is 5.91 Å². The summed E-state index contributed by atoms with van der Waals surface area (Å²) in [6.07, 6.45) is 3.13. The van der Waals surface area contributed by atoms with Crippen LogP contribution in [0.15, 0.2) is 0 Å². The number of amides is 1. The van der Waals surface area contributed by atoms with E-state index in [2.05, 4.69) is 37.7 Å². The Morgan fingerprint density at radius 1 is 1.33 bits per heavy atom. The van der Waals surface area contributed by atoms with Crippen molar-refractivity contribution < 1.29 is 4.79 Å². The Kier molecular flexibility index (Phi) is 8.91. The van der Waals surface area contributed by atoms with Crippen molar-refractivity contribution in [3.63, 3.8) is 0 Å². The molecule has 0 rings (SSSR count). The maximum atomic E-state index is 11.3. The molecule has 2 N–H and O–H groups in total. The maximum absolute atomic E-state index is 11.3. The second kappa shape index (κ2) is 9.04. The predicted molar refractivity (Wildman–Crippen MR) is 68.3 cm³/mol. The normalized spacial score (nSPS) is 12.9. The molecule has 0 fully saturated rings. The largest absolute Gasteiger partial charge is 0.355 e. The number of carbonyl (C=O) groups is 1. The van der Waals surface area contributed by atoms with Gasteiger partial charge in [0, 0.05) is 18.3 Å². The monoisotopic (exact) mass is 232 g/mol. The average molecular weight is 232 g/mol. The van der Waals surface area contributed by atoms with Crippen LogP contribution in [-0.2, 0) is 4.79 Å². The summed E-state index contributed by atoms with van der Waals surface area (Å²) in [5.41, 5.74) is 0. The molecule has 0 saturated heterocycles. The first-order valence-corrected chi connectivity index (χ1v) is 6.85. The maximum Gasteiger partial charge on any atom is 0.233 e. The summed E-state index contributed by atoms with van der Waals surface area (Å²) in [7, 11) is 0. The molecule has 0 aromatic heterocycles. The van der Waals surface area contributed by atoms with Crippen molar-refractivity contribution in [1.82, 2.24) is 10.6 Å². The zero-order valence-electron chi connectivity index (χ0n) is 10.3. The van der Waals surface area contributed by atoms with Crippen LogP contribution in [0.25, 0.3) is 0 Å². The Labute approximate surface area is 97.8 Å². The standard InChI is InChI=1S/C11H24N2OS/c1-9(2)5-6-13-11(14)8-12-7-10(3)15-4/h9-10,12H,5-8H2,1-4H3,(H,13,14). The third kappa shape index (κ3) is 10.1. The molecule has 1 atom stereocenters. The molecule has 0 aliphatic heterocycles. The van der Waals surface area contributed by atoms with Crippen LogP contribution in [0.4, 0.5) is 0 Å². The Morgan fingerprint density at radius 2 is 2.00 bits per heavy atom.